The Labute approximate surface area is 115 Å². The minimum atomic E-state index is 0.349. The number of hydrogen-bond acceptors (Lipinski definition) is 2. The number of nitrogens with two attached hydrogens (primary N) is 1. The highest BCUT2D eigenvalue weighted by Gasteiger charge is 2.20. The molecule has 1 fully saturated rings. The Morgan fingerprint density at radius 2 is 1.94 bits per heavy atom. The first-order chi connectivity index (χ1) is 8.56. The third kappa shape index (κ3) is 3.22. The van der Waals surface area contributed by atoms with Crippen LogP contribution in [0.15, 0.2) is 18.2 Å². The summed E-state index contributed by atoms with van der Waals surface area (Å²) in [5.41, 5.74) is 7.69. The third-order valence-corrected chi connectivity index (χ3v) is 3.96. The zero-order valence-electron chi connectivity index (χ0n) is 11.1. The van der Waals surface area contributed by atoms with Crippen molar-refractivity contribution in [2.24, 2.45) is 11.7 Å². The monoisotopic (exact) mass is 263 g/mol. The van der Waals surface area contributed by atoms with Gasteiger partial charge in [0.05, 0.1) is 6.10 Å². The van der Waals surface area contributed by atoms with Gasteiger partial charge >= 0.3 is 0 Å². The third-order valence-electron chi connectivity index (χ3n) is 3.73. The molecule has 0 heterocycles. The van der Waals surface area contributed by atoms with Gasteiger partial charge in [-0.25, -0.2) is 0 Å². The molecule has 1 aliphatic carbocycles. The van der Waals surface area contributed by atoms with Gasteiger partial charge in [-0.2, -0.15) is 0 Å². The molecule has 0 aromatic heterocycles. The van der Waals surface area contributed by atoms with E-state index in [1.165, 1.54) is 12.8 Å². The fourth-order valence-electron chi connectivity index (χ4n) is 2.41. The normalized spacial score (nSPS) is 23.7. The fourth-order valence-corrected chi connectivity index (χ4v) is 2.53. The second-order valence-corrected chi connectivity index (χ2v) is 5.78. The average Bonchev–Trinajstić information content (AvgIpc) is 2.34. The maximum absolute atomic E-state index is 6.11. The van der Waals surface area contributed by atoms with Gasteiger partial charge in [-0.3, -0.25) is 0 Å². The first kappa shape index (κ1) is 13.3. The summed E-state index contributed by atoms with van der Waals surface area (Å²) in [6.07, 6.45) is 5.18. The molecule has 1 saturated carbocycles. The molecule has 2 rings (SSSR count). The number of aryl methyl sites for hydroxylation is 1. The zero-order valence-corrected chi connectivity index (χ0v) is 11.9. The van der Waals surface area contributed by atoms with Crippen LogP contribution in [0.5, 0.6) is 5.75 Å². The lowest BCUT2D eigenvalue weighted by Gasteiger charge is -2.27. The number of hydrogen-bond donors (Lipinski definition) is 1. The molecule has 3 heteroatoms. The van der Waals surface area contributed by atoms with E-state index in [4.69, 9.17) is 22.7 Å². The van der Waals surface area contributed by atoms with Gasteiger partial charge in [0.15, 0.2) is 0 Å². The summed E-state index contributed by atoms with van der Waals surface area (Å²) in [5, 5.41) is 0. The molecule has 2 nitrogen and oxygen atoms in total. The molecule has 0 spiro atoms. The first-order valence-electron chi connectivity index (χ1n) is 6.63. The molecule has 0 atom stereocenters. The van der Waals surface area contributed by atoms with Crippen LogP contribution in [0.25, 0.3) is 0 Å². The van der Waals surface area contributed by atoms with Crippen molar-refractivity contribution >= 4 is 17.2 Å². The Bertz CT molecular complexity index is 436. The summed E-state index contributed by atoms with van der Waals surface area (Å²) in [6.45, 7) is 4.37. The fraction of sp³-hybridized carbons (Fsp3) is 0.533. The van der Waals surface area contributed by atoms with Crippen LogP contribution < -0.4 is 10.5 Å². The molecule has 98 valence electrons. The van der Waals surface area contributed by atoms with Gasteiger partial charge in [0.2, 0.25) is 0 Å². The van der Waals surface area contributed by atoms with Crippen LogP contribution in [0.2, 0.25) is 0 Å². The number of thiocarbonyl (C=S) groups is 1. The molecule has 2 N–H and O–H groups in total. The predicted octanol–water partition coefficient (Wildman–Crippen LogP) is 3.59. The standard InChI is InChI=1S/C15H21NOS/c1-10-3-7-13(8-4-10)17-14-9-12(15(16)18)6-5-11(14)2/h5-6,9-10,13H,3-4,7-8H2,1-2H3,(H2,16,18). The Hall–Kier alpha value is -1.09. The summed E-state index contributed by atoms with van der Waals surface area (Å²) in [6, 6.07) is 5.94. The van der Waals surface area contributed by atoms with Crippen LogP contribution in [0, 0.1) is 12.8 Å². The Morgan fingerprint density at radius 1 is 1.28 bits per heavy atom. The van der Waals surface area contributed by atoms with Crippen molar-refractivity contribution in [3.8, 4) is 5.75 Å². The van der Waals surface area contributed by atoms with Crippen LogP contribution in [-0.2, 0) is 0 Å². The van der Waals surface area contributed by atoms with Crippen molar-refractivity contribution in [1.82, 2.24) is 0 Å². The summed E-state index contributed by atoms with van der Waals surface area (Å²) < 4.78 is 6.11. The van der Waals surface area contributed by atoms with Crippen molar-refractivity contribution in [1.29, 1.82) is 0 Å². The van der Waals surface area contributed by atoms with Crippen LogP contribution in [-0.4, -0.2) is 11.1 Å². The van der Waals surface area contributed by atoms with Crippen LogP contribution >= 0.6 is 12.2 Å². The first-order valence-corrected chi connectivity index (χ1v) is 7.04. The Kier molecular flexibility index (Phi) is 4.23. The molecule has 0 radical (unpaired) electrons. The quantitative estimate of drug-likeness (QED) is 0.846. The summed E-state index contributed by atoms with van der Waals surface area (Å²) in [7, 11) is 0. The Balaban J connectivity index is 2.08. The van der Waals surface area contributed by atoms with E-state index in [0.29, 0.717) is 11.1 Å². The second kappa shape index (κ2) is 5.70. The van der Waals surface area contributed by atoms with Gasteiger partial charge < -0.3 is 10.5 Å². The van der Waals surface area contributed by atoms with Crippen molar-refractivity contribution in [3.63, 3.8) is 0 Å². The highest BCUT2D eigenvalue weighted by atomic mass is 32.1. The lowest BCUT2D eigenvalue weighted by molar-refractivity contribution is 0.134. The zero-order chi connectivity index (χ0) is 13.1. The molecule has 0 amide bonds. The van der Waals surface area contributed by atoms with Crippen molar-refractivity contribution in [3.05, 3.63) is 29.3 Å². The van der Waals surface area contributed by atoms with Gasteiger partial charge in [0.25, 0.3) is 0 Å². The van der Waals surface area contributed by atoms with E-state index in [9.17, 15) is 0 Å². The maximum Gasteiger partial charge on any atom is 0.123 e. The molecular weight excluding hydrogens is 242 g/mol. The van der Waals surface area contributed by atoms with Crippen LogP contribution in [0.1, 0.15) is 43.7 Å². The van der Waals surface area contributed by atoms with Gasteiger partial charge in [-0.05, 0) is 50.2 Å². The van der Waals surface area contributed by atoms with Gasteiger partial charge in [0.1, 0.15) is 10.7 Å². The van der Waals surface area contributed by atoms with E-state index in [2.05, 4.69) is 13.8 Å². The minimum Gasteiger partial charge on any atom is -0.490 e. The van der Waals surface area contributed by atoms with Crippen molar-refractivity contribution in [2.75, 3.05) is 0 Å². The molecule has 0 unspecified atom stereocenters. The Morgan fingerprint density at radius 3 is 2.56 bits per heavy atom. The molecule has 0 saturated heterocycles. The van der Waals surface area contributed by atoms with E-state index in [1.54, 1.807) is 0 Å². The van der Waals surface area contributed by atoms with E-state index < -0.39 is 0 Å². The summed E-state index contributed by atoms with van der Waals surface area (Å²) in [4.78, 5) is 0.428. The van der Waals surface area contributed by atoms with Crippen LogP contribution in [0.3, 0.4) is 0 Å². The van der Waals surface area contributed by atoms with E-state index >= 15 is 0 Å². The number of benzene rings is 1. The van der Waals surface area contributed by atoms with Crippen molar-refractivity contribution in [2.45, 2.75) is 45.6 Å². The molecule has 1 aliphatic rings. The number of rotatable bonds is 3. The molecule has 18 heavy (non-hydrogen) atoms. The van der Waals surface area contributed by atoms with Gasteiger partial charge in [-0.15, -0.1) is 0 Å². The molecule has 0 bridgehead atoms. The molecular formula is C15H21NOS. The highest BCUT2D eigenvalue weighted by molar-refractivity contribution is 7.80. The van der Waals surface area contributed by atoms with E-state index in [1.807, 2.05) is 18.2 Å². The number of ether oxygens (including phenoxy) is 1. The van der Waals surface area contributed by atoms with Gasteiger partial charge in [-0.1, -0.05) is 31.3 Å². The maximum atomic E-state index is 6.11. The van der Waals surface area contributed by atoms with Crippen LogP contribution in [0.4, 0.5) is 0 Å². The largest absolute Gasteiger partial charge is 0.490 e. The SMILES string of the molecule is Cc1ccc(C(N)=S)cc1OC1CCC(C)CC1. The van der Waals surface area contributed by atoms with E-state index in [0.717, 1.165) is 35.6 Å². The summed E-state index contributed by atoms with van der Waals surface area (Å²) in [5.74, 6) is 1.77. The smallest absolute Gasteiger partial charge is 0.123 e. The lowest BCUT2D eigenvalue weighted by atomic mass is 9.89. The molecule has 1 aromatic rings. The lowest BCUT2D eigenvalue weighted by Crippen LogP contribution is -2.23. The van der Waals surface area contributed by atoms with Gasteiger partial charge in [0, 0.05) is 5.56 Å². The summed E-state index contributed by atoms with van der Waals surface area (Å²) >= 11 is 5.01. The minimum absolute atomic E-state index is 0.349. The molecule has 0 aliphatic heterocycles. The predicted molar refractivity (Wildman–Crippen MR) is 79.1 cm³/mol. The second-order valence-electron chi connectivity index (χ2n) is 5.34. The topological polar surface area (TPSA) is 35.2 Å². The van der Waals surface area contributed by atoms with E-state index in [-0.39, 0.29) is 0 Å². The average molecular weight is 263 g/mol. The van der Waals surface area contributed by atoms with Crippen molar-refractivity contribution < 1.29 is 4.74 Å². The molecule has 1 aromatic carbocycles. The highest BCUT2D eigenvalue weighted by Crippen LogP contribution is 2.29.